The number of hydrogen-bond acceptors (Lipinski definition) is 6. The first-order valence-corrected chi connectivity index (χ1v) is 11.7. The van der Waals surface area contributed by atoms with E-state index in [0.29, 0.717) is 18.2 Å². The molecule has 0 saturated carbocycles. The van der Waals surface area contributed by atoms with Gasteiger partial charge in [-0.1, -0.05) is 37.3 Å². The van der Waals surface area contributed by atoms with E-state index in [-0.39, 0.29) is 16.6 Å². The molecule has 1 aliphatic rings. The van der Waals surface area contributed by atoms with E-state index >= 15 is 0 Å². The summed E-state index contributed by atoms with van der Waals surface area (Å²) in [4.78, 5) is 13.3. The lowest BCUT2D eigenvalue weighted by Crippen LogP contribution is -2.39. The maximum absolute atomic E-state index is 11.8. The summed E-state index contributed by atoms with van der Waals surface area (Å²) in [5.74, 6) is 0.709. The van der Waals surface area contributed by atoms with Gasteiger partial charge in [-0.05, 0) is 49.5 Å². The van der Waals surface area contributed by atoms with Crippen molar-refractivity contribution in [2.75, 3.05) is 31.2 Å². The molecule has 1 fully saturated rings. The number of piperidine rings is 1. The molecular formula is C21H27N3O4S. The first-order chi connectivity index (χ1) is 13.8. The number of nitrogens with zero attached hydrogens (tertiary/aromatic N) is 2. The molecule has 1 heterocycles. The number of anilines is 1. The third-order valence-electron chi connectivity index (χ3n) is 5.52. The zero-order valence-electron chi connectivity index (χ0n) is 16.7. The van der Waals surface area contributed by atoms with Gasteiger partial charge in [0, 0.05) is 18.9 Å². The van der Waals surface area contributed by atoms with Crippen LogP contribution >= 0.6 is 0 Å². The summed E-state index contributed by atoms with van der Waals surface area (Å²) in [5, 5.41) is 14.7. The Morgan fingerprint density at radius 3 is 2.41 bits per heavy atom. The molecule has 1 saturated heterocycles. The molecule has 0 amide bonds. The molecule has 0 bridgehead atoms. The van der Waals surface area contributed by atoms with E-state index in [1.807, 2.05) is 18.2 Å². The van der Waals surface area contributed by atoms with Crippen LogP contribution in [0.2, 0.25) is 0 Å². The second kappa shape index (κ2) is 8.92. The van der Waals surface area contributed by atoms with Gasteiger partial charge >= 0.3 is 0 Å². The van der Waals surface area contributed by atoms with E-state index in [1.165, 1.54) is 12.1 Å². The summed E-state index contributed by atoms with van der Waals surface area (Å²) in [7, 11) is -3.51. The lowest BCUT2D eigenvalue weighted by atomic mass is 9.95. The van der Waals surface area contributed by atoms with Crippen molar-refractivity contribution in [3.63, 3.8) is 0 Å². The number of likely N-dealkylation sites (tertiary alicyclic amines) is 1. The summed E-state index contributed by atoms with van der Waals surface area (Å²) in [5.41, 5.74) is 1.26. The van der Waals surface area contributed by atoms with Gasteiger partial charge in [0.25, 0.3) is 5.69 Å². The van der Waals surface area contributed by atoms with Crippen LogP contribution in [0.25, 0.3) is 0 Å². The maximum atomic E-state index is 11.8. The van der Waals surface area contributed by atoms with Crippen LogP contribution in [0.15, 0.2) is 53.4 Å². The van der Waals surface area contributed by atoms with Crippen LogP contribution in [0.4, 0.5) is 11.4 Å². The first-order valence-electron chi connectivity index (χ1n) is 9.77. The molecular weight excluding hydrogens is 390 g/mol. The monoisotopic (exact) mass is 417 g/mol. The summed E-state index contributed by atoms with van der Waals surface area (Å²) in [6.45, 7) is 4.73. The molecule has 1 aliphatic heterocycles. The molecule has 1 N–H and O–H groups in total. The molecule has 0 radical (unpaired) electrons. The molecule has 1 unspecified atom stereocenters. The molecule has 3 rings (SSSR count). The molecule has 156 valence electrons. The Morgan fingerprint density at radius 2 is 1.83 bits per heavy atom. The predicted molar refractivity (Wildman–Crippen MR) is 114 cm³/mol. The average Bonchev–Trinajstić information content (AvgIpc) is 2.69. The fraction of sp³-hybridized carbons (Fsp3) is 0.429. The van der Waals surface area contributed by atoms with Gasteiger partial charge < -0.3 is 5.32 Å². The van der Waals surface area contributed by atoms with Gasteiger partial charge in [-0.3, -0.25) is 15.0 Å². The highest BCUT2D eigenvalue weighted by Gasteiger charge is 2.26. The third-order valence-corrected chi connectivity index (χ3v) is 6.63. The Bertz CT molecular complexity index is 955. The van der Waals surface area contributed by atoms with Crippen LogP contribution in [0.5, 0.6) is 0 Å². The van der Waals surface area contributed by atoms with Crippen LogP contribution in [0.1, 0.15) is 31.4 Å². The Labute approximate surface area is 171 Å². The Hall–Kier alpha value is -2.45. The lowest BCUT2D eigenvalue weighted by Gasteiger charge is -2.37. The highest BCUT2D eigenvalue weighted by atomic mass is 32.2. The minimum absolute atomic E-state index is 0.0561. The number of benzene rings is 2. The topological polar surface area (TPSA) is 92.6 Å². The van der Waals surface area contributed by atoms with Crippen molar-refractivity contribution in [2.24, 2.45) is 5.92 Å². The van der Waals surface area contributed by atoms with E-state index in [4.69, 9.17) is 0 Å². The predicted octanol–water partition coefficient (Wildman–Crippen LogP) is 3.88. The zero-order valence-corrected chi connectivity index (χ0v) is 17.6. The van der Waals surface area contributed by atoms with Crippen LogP contribution in [0, 0.1) is 16.0 Å². The summed E-state index contributed by atoms with van der Waals surface area (Å²) in [6, 6.07) is 14.2. The molecule has 8 heteroatoms. The number of nitro benzene ring substituents is 1. The Morgan fingerprint density at radius 1 is 1.17 bits per heavy atom. The van der Waals surface area contributed by atoms with E-state index in [9.17, 15) is 18.5 Å². The molecule has 0 aromatic heterocycles. The number of hydrogen-bond donors (Lipinski definition) is 1. The molecule has 29 heavy (non-hydrogen) atoms. The highest BCUT2D eigenvalue weighted by Crippen LogP contribution is 2.31. The normalized spacial score (nSPS) is 17.0. The Balaban J connectivity index is 1.85. The summed E-state index contributed by atoms with van der Waals surface area (Å²) < 4.78 is 23.5. The van der Waals surface area contributed by atoms with Gasteiger partial charge in [-0.25, -0.2) is 8.42 Å². The van der Waals surface area contributed by atoms with Crippen molar-refractivity contribution in [1.29, 1.82) is 0 Å². The maximum Gasteiger partial charge on any atom is 0.293 e. The van der Waals surface area contributed by atoms with Gasteiger partial charge in [0.05, 0.1) is 15.9 Å². The van der Waals surface area contributed by atoms with Crippen molar-refractivity contribution < 1.29 is 13.3 Å². The smallest absolute Gasteiger partial charge is 0.293 e. The molecule has 2 aromatic rings. The van der Waals surface area contributed by atoms with Gasteiger partial charge in [0.2, 0.25) is 0 Å². The minimum atomic E-state index is -3.51. The second-order valence-electron chi connectivity index (χ2n) is 7.73. The summed E-state index contributed by atoms with van der Waals surface area (Å²) in [6.07, 6.45) is 3.31. The quantitative estimate of drug-likeness (QED) is 0.543. The molecule has 2 aromatic carbocycles. The number of nitro groups is 1. The number of rotatable bonds is 7. The van der Waals surface area contributed by atoms with Gasteiger partial charge in [0.15, 0.2) is 9.84 Å². The molecule has 7 nitrogen and oxygen atoms in total. The summed E-state index contributed by atoms with van der Waals surface area (Å²) >= 11 is 0. The first kappa shape index (κ1) is 21.3. The zero-order chi connectivity index (χ0) is 21.0. The largest absolute Gasteiger partial charge is 0.378 e. The Kier molecular flexibility index (Phi) is 6.54. The van der Waals surface area contributed by atoms with Crippen LogP contribution in [0.3, 0.4) is 0 Å². The molecule has 1 atom stereocenters. The van der Waals surface area contributed by atoms with Crippen molar-refractivity contribution in [3.05, 3.63) is 64.2 Å². The lowest BCUT2D eigenvalue weighted by molar-refractivity contribution is -0.384. The van der Waals surface area contributed by atoms with E-state index in [1.54, 1.807) is 0 Å². The van der Waals surface area contributed by atoms with Gasteiger partial charge in [0.1, 0.15) is 5.69 Å². The minimum Gasteiger partial charge on any atom is -0.378 e. The van der Waals surface area contributed by atoms with Crippen LogP contribution < -0.4 is 5.32 Å². The van der Waals surface area contributed by atoms with Gasteiger partial charge in [-0.2, -0.15) is 0 Å². The van der Waals surface area contributed by atoms with Crippen molar-refractivity contribution in [1.82, 2.24) is 4.90 Å². The van der Waals surface area contributed by atoms with Gasteiger partial charge in [-0.15, -0.1) is 0 Å². The van der Waals surface area contributed by atoms with Crippen molar-refractivity contribution in [2.45, 2.75) is 30.7 Å². The average molecular weight is 418 g/mol. The van der Waals surface area contributed by atoms with Crippen LogP contribution in [-0.2, 0) is 9.84 Å². The fourth-order valence-corrected chi connectivity index (χ4v) is 4.36. The number of sulfone groups is 1. The molecule has 0 aliphatic carbocycles. The van der Waals surface area contributed by atoms with E-state index < -0.39 is 14.8 Å². The third kappa shape index (κ3) is 5.33. The van der Waals surface area contributed by atoms with E-state index in [2.05, 4.69) is 29.3 Å². The van der Waals surface area contributed by atoms with Crippen molar-refractivity contribution in [3.8, 4) is 0 Å². The van der Waals surface area contributed by atoms with E-state index in [0.717, 1.165) is 43.8 Å². The highest BCUT2D eigenvalue weighted by molar-refractivity contribution is 7.90. The fourth-order valence-electron chi connectivity index (χ4n) is 3.72. The number of nitrogens with one attached hydrogen (secondary N) is 1. The standard InChI is InChI=1S/C21H27N3O4S/c1-16-10-12-23(13-11-16)21(17-6-4-3-5-7-17)15-22-19-9-8-18(29(2,27)28)14-20(19)24(25)26/h3-9,14,16,21-22H,10-13,15H2,1-2H3. The van der Waals surface area contributed by atoms with Crippen LogP contribution in [-0.4, -0.2) is 44.1 Å². The van der Waals surface area contributed by atoms with Crippen molar-refractivity contribution >= 4 is 21.2 Å². The second-order valence-corrected chi connectivity index (χ2v) is 9.75. The molecule has 0 spiro atoms. The SMILES string of the molecule is CC1CCN(C(CNc2ccc(S(C)(=O)=O)cc2[N+](=O)[O-])c2ccccc2)CC1.